The highest BCUT2D eigenvalue weighted by atomic mass is 16.5. The standard InChI is InChI=1S/C22H19N3O2/c1-15-23-19-14-16(12-13-20(19)25(15)2)22(26)24-18-10-6-7-11-21(18)27-17-8-4-3-5-9-17/h3-14H,1-2H3,(H,24,26). The van der Waals surface area contributed by atoms with Gasteiger partial charge in [-0.3, -0.25) is 4.79 Å². The van der Waals surface area contributed by atoms with Crippen LogP contribution in [0.4, 0.5) is 5.69 Å². The number of nitrogens with one attached hydrogen (secondary N) is 1. The van der Waals surface area contributed by atoms with Crippen molar-refractivity contribution in [1.29, 1.82) is 0 Å². The molecule has 4 aromatic rings. The van der Waals surface area contributed by atoms with Gasteiger partial charge >= 0.3 is 0 Å². The number of imidazole rings is 1. The van der Waals surface area contributed by atoms with Crippen LogP contribution in [-0.2, 0) is 7.05 Å². The third-order valence-corrected chi connectivity index (χ3v) is 4.47. The summed E-state index contributed by atoms with van der Waals surface area (Å²) in [5.74, 6) is 2.00. The minimum absolute atomic E-state index is 0.204. The molecular weight excluding hydrogens is 338 g/mol. The molecule has 0 radical (unpaired) electrons. The minimum Gasteiger partial charge on any atom is -0.455 e. The Morgan fingerprint density at radius 3 is 2.56 bits per heavy atom. The molecule has 0 unspecified atom stereocenters. The highest BCUT2D eigenvalue weighted by Crippen LogP contribution is 2.29. The lowest BCUT2D eigenvalue weighted by Gasteiger charge is -2.12. The van der Waals surface area contributed by atoms with Crippen LogP contribution in [-0.4, -0.2) is 15.5 Å². The van der Waals surface area contributed by atoms with Gasteiger partial charge in [-0.1, -0.05) is 30.3 Å². The number of aromatic nitrogens is 2. The van der Waals surface area contributed by atoms with E-state index >= 15 is 0 Å². The van der Waals surface area contributed by atoms with E-state index in [-0.39, 0.29) is 5.91 Å². The van der Waals surface area contributed by atoms with Crippen molar-refractivity contribution in [2.45, 2.75) is 6.92 Å². The molecular formula is C22H19N3O2. The predicted octanol–water partition coefficient (Wildman–Crippen LogP) is 4.93. The molecule has 0 spiro atoms. The number of hydrogen-bond acceptors (Lipinski definition) is 3. The maximum absolute atomic E-state index is 12.8. The van der Waals surface area contributed by atoms with E-state index in [2.05, 4.69) is 10.3 Å². The number of anilines is 1. The van der Waals surface area contributed by atoms with E-state index in [1.807, 2.05) is 79.2 Å². The number of benzene rings is 3. The molecule has 1 amide bonds. The van der Waals surface area contributed by atoms with E-state index < -0.39 is 0 Å². The highest BCUT2D eigenvalue weighted by Gasteiger charge is 2.13. The van der Waals surface area contributed by atoms with E-state index in [0.29, 0.717) is 22.7 Å². The summed E-state index contributed by atoms with van der Waals surface area (Å²) in [6.45, 7) is 1.94. The molecule has 0 aliphatic rings. The molecule has 0 aliphatic carbocycles. The van der Waals surface area contributed by atoms with Gasteiger partial charge in [0.15, 0.2) is 5.75 Å². The summed E-state index contributed by atoms with van der Waals surface area (Å²) in [5, 5.41) is 2.93. The van der Waals surface area contributed by atoms with Gasteiger partial charge in [-0.15, -0.1) is 0 Å². The zero-order chi connectivity index (χ0) is 18.8. The number of fused-ring (bicyclic) bond motifs is 1. The number of carbonyl (C=O) groups is 1. The normalized spacial score (nSPS) is 10.7. The summed E-state index contributed by atoms with van der Waals surface area (Å²) in [7, 11) is 1.96. The molecule has 0 saturated heterocycles. The van der Waals surface area contributed by atoms with Crippen molar-refractivity contribution in [2.24, 2.45) is 7.05 Å². The first-order valence-electron chi connectivity index (χ1n) is 8.68. The van der Waals surface area contributed by atoms with Crippen LogP contribution in [0.5, 0.6) is 11.5 Å². The number of amides is 1. The van der Waals surface area contributed by atoms with Crippen molar-refractivity contribution < 1.29 is 9.53 Å². The summed E-state index contributed by atoms with van der Waals surface area (Å²) in [6.07, 6.45) is 0. The fourth-order valence-electron chi connectivity index (χ4n) is 2.93. The number of hydrogen-bond donors (Lipinski definition) is 1. The van der Waals surface area contributed by atoms with Gasteiger partial charge in [-0.25, -0.2) is 4.98 Å². The third kappa shape index (κ3) is 3.40. The molecule has 3 aromatic carbocycles. The lowest BCUT2D eigenvalue weighted by molar-refractivity contribution is 0.102. The van der Waals surface area contributed by atoms with Crippen molar-refractivity contribution in [3.8, 4) is 11.5 Å². The van der Waals surface area contributed by atoms with Gasteiger partial charge in [0.2, 0.25) is 0 Å². The van der Waals surface area contributed by atoms with Crippen LogP contribution in [0, 0.1) is 6.92 Å². The summed E-state index contributed by atoms with van der Waals surface area (Å²) < 4.78 is 7.91. The summed E-state index contributed by atoms with van der Waals surface area (Å²) in [4.78, 5) is 17.2. The van der Waals surface area contributed by atoms with Crippen LogP contribution < -0.4 is 10.1 Å². The van der Waals surface area contributed by atoms with E-state index in [1.165, 1.54) is 0 Å². The van der Waals surface area contributed by atoms with Crippen LogP contribution in [0.25, 0.3) is 11.0 Å². The van der Waals surface area contributed by atoms with Crippen molar-refractivity contribution in [3.63, 3.8) is 0 Å². The molecule has 1 aromatic heterocycles. The van der Waals surface area contributed by atoms with Gasteiger partial charge in [0.25, 0.3) is 5.91 Å². The fourth-order valence-corrected chi connectivity index (χ4v) is 2.93. The van der Waals surface area contributed by atoms with Crippen molar-refractivity contribution >= 4 is 22.6 Å². The molecule has 0 atom stereocenters. The van der Waals surface area contributed by atoms with E-state index in [1.54, 1.807) is 12.1 Å². The topological polar surface area (TPSA) is 56.1 Å². The van der Waals surface area contributed by atoms with Gasteiger partial charge in [-0.05, 0) is 49.4 Å². The quantitative estimate of drug-likeness (QED) is 0.564. The number of carbonyl (C=O) groups excluding carboxylic acids is 1. The molecule has 1 heterocycles. The average Bonchev–Trinajstić information content (AvgIpc) is 2.97. The fraction of sp³-hybridized carbons (Fsp3) is 0.0909. The maximum atomic E-state index is 12.8. The van der Waals surface area contributed by atoms with Gasteiger partial charge in [0, 0.05) is 12.6 Å². The second-order valence-electron chi connectivity index (χ2n) is 6.29. The first-order chi connectivity index (χ1) is 13.1. The molecule has 134 valence electrons. The van der Waals surface area contributed by atoms with Gasteiger partial charge < -0.3 is 14.6 Å². The third-order valence-electron chi connectivity index (χ3n) is 4.47. The first-order valence-corrected chi connectivity index (χ1v) is 8.68. The zero-order valence-electron chi connectivity index (χ0n) is 15.1. The van der Waals surface area contributed by atoms with E-state index in [4.69, 9.17) is 4.74 Å². The van der Waals surface area contributed by atoms with Crippen molar-refractivity contribution in [1.82, 2.24) is 9.55 Å². The molecule has 0 saturated carbocycles. The summed E-state index contributed by atoms with van der Waals surface area (Å²) >= 11 is 0. The second-order valence-corrected chi connectivity index (χ2v) is 6.29. The Hall–Kier alpha value is -3.60. The molecule has 5 nitrogen and oxygen atoms in total. The van der Waals surface area contributed by atoms with Gasteiger partial charge in [0.05, 0.1) is 16.7 Å². The van der Waals surface area contributed by atoms with Gasteiger partial charge in [-0.2, -0.15) is 0 Å². The SMILES string of the molecule is Cc1nc2cc(C(=O)Nc3ccccc3Oc3ccccc3)ccc2n1C. The van der Waals surface area contributed by atoms with Crippen LogP contribution in [0.2, 0.25) is 0 Å². The maximum Gasteiger partial charge on any atom is 0.255 e. The predicted molar refractivity (Wildman–Crippen MR) is 106 cm³/mol. The molecule has 27 heavy (non-hydrogen) atoms. The Balaban J connectivity index is 1.60. The average molecular weight is 357 g/mol. The number of nitrogens with zero attached hydrogens (tertiary/aromatic N) is 2. The molecule has 1 N–H and O–H groups in total. The molecule has 0 fully saturated rings. The van der Waals surface area contributed by atoms with E-state index in [9.17, 15) is 4.79 Å². The largest absolute Gasteiger partial charge is 0.455 e. The summed E-state index contributed by atoms with van der Waals surface area (Å²) in [6, 6.07) is 22.4. The van der Waals surface area contributed by atoms with Crippen LogP contribution in [0.15, 0.2) is 72.8 Å². The van der Waals surface area contributed by atoms with Gasteiger partial charge in [0.1, 0.15) is 11.6 Å². The highest BCUT2D eigenvalue weighted by molar-refractivity contribution is 6.06. The molecule has 0 bridgehead atoms. The Morgan fingerprint density at radius 2 is 1.74 bits per heavy atom. The summed E-state index contributed by atoms with van der Waals surface area (Å²) in [5.41, 5.74) is 2.96. The van der Waals surface area contributed by atoms with Crippen LogP contribution >= 0.6 is 0 Å². The lowest BCUT2D eigenvalue weighted by Crippen LogP contribution is -2.12. The number of para-hydroxylation sites is 3. The van der Waals surface area contributed by atoms with Crippen LogP contribution in [0.1, 0.15) is 16.2 Å². The monoisotopic (exact) mass is 357 g/mol. The Kier molecular flexibility index (Phi) is 4.34. The Bertz CT molecular complexity index is 1120. The lowest BCUT2D eigenvalue weighted by atomic mass is 10.1. The molecule has 4 rings (SSSR count). The van der Waals surface area contributed by atoms with Crippen molar-refractivity contribution in [2.75, 3.05) is 5.32 Å². The number of rotatable bonds is 4. The number of aryl methyl sites for hydroxylation is 2. The Labute approximate surface area is 157 Å². The number of ether oxygens (including phenoxy) is 1. The smallest absolute Gasteiger partial charge is 0.255 e. The molecule has 5 heteroatoms. The molecule has 0 aliphatic heterocycles. The minimum atomic E-state index is -0.204. The second kappa shape index (κ2) is 6.96. The zero-order valence-corrected chi connectivity index (χ0v) is 15.1. The Morgan fingerprint density at radius 1 is 1.00 bits per heavy atom. The van der Waals surface area contributed by atoms with Crippen LogP contribution in [0.3, 0.4) is 0 Å². The van der Waals surface area contributed by atoms with E-state index in [0.717, 1.165) is 16.9 Å². The van der Waals surface area contributed by atoms with Crippen molar-refractivity contribution in [3.05, 3.63) is 84.2 Å². The first kappa shape index (κ1) is 16.8.